The van der Waals surface area contributed by atoms with Gasteiger partial charge in [0.15, 0.2) is 0 Å². The van der Waals surface area contributed by atoms with E-state index in [-0.39, 0.29) is 18.4 Å². The summed E-state index contributed by atoms with van der Waals surface area (Å²) in [6, 6.07) is 10.9. The first kappa shape index (κ1) is 26.3. The number of carbonyl (C=O) groups is 3. The third kappa shape index (κ3) is 6.87. The molecule has 8 nitrogen and oxygen atoms in total. The normalized spacial score (nSPS) is 18.9. The third-order valence-corrected chi connectivity index (χ3v) is 5.83. The topological polar surface area (TPSA) is 98.1 Å². The number of hydrogen-bond acceptors (Lipinski definition) is 6. The van der Waals surface area contributed by atoms with Crippen LogP contribution in [-0.2, 0) is 25.7 Å². The quantitative estimate of drug-likeness (QED) is 0.561. The second-order valence-electron chi connectivity index (χ2n) is 10.3. The van der Waals surface area contributed by atoms with Crippen LogP contribution in [0.5, 0.6) is 0 Å². The van der Waals surface area contributed by atoms with Gasteiger partial charge in [0.2, 0.25) is 5.91 Å². The molecule has 2 aromatic rings. The van der Waals surface area contributed by atoms with E-state index in [0.29, 0.717) is 18.6 Å². The lowest BCUT2D eigenvalue weighted by Crippen LogP contribution is -2.55. The van der Waals surface area contributed by atoms with Gasteiger partial charge in [0, 0.05) is 0 Å². The first-order valence-corrected chi connectivity index (χ1v) is 12.0. The van der Waals surface area contributed by atoms with Gasteiger partial charge in [-0.05, 0) is 64.2 Å². The van der Waals surface area contributed by atoms with E-state index in [1.165, 1.54) is 4.90 Å². The molecule has 35 heavy (non-hydrogen) atoms. The first-order valence-electron chi connectivity index (χ1n) is 12.0. The number of ether oxygens (including phenoxy) is 2. The Kier molecular flexibility index (Phi) is 8.25. The second kappa shape index (κ2) is 11.0. The van der Waals surface area contributed by atoms with E-state index < -0.39 is 35.8 Å². The van der Waals surface area contributed by atoms with E-state index in [1.807, 2.05) is 63.2 Å². The summed E-state index contributed by atoms with van der Waals surface area (Å²) in [7, 11) is 0. The Morgan fingerprint density at radius 3 is 2.34 bits per heavy atom. The predicted octanol–water partition coefficient (Wildman–Crippen LogP) is 4.91. The molecule has 1 aliphatic heterocycles. The number of likely N-dealkylation sites (tertiary alicyclic amines) is 1. The van der Waals surface area contributed by atoms with Crippen molar-refractivity contribution >= 4 is 18.0 Å². The van der Waals surface area contributed by atoms with Gasteiger partial charge >= 0.3 is 12.1 Å². The summed E-state index contributed by atoms with van der Waals surface area (Å²) in [5, 5.41) is 2.71. The molecule has 8 heteroatoms. The van der Waals surface area contributed by atoms with E-state index in [1.54, 1.807) is 20.8 Å². The molecule has 3 rings (SSSR count). The number of benzene rings is 1. The lowest BCUT2D eigenvalue weighted by atomic mass is 10.0. The van der Waals surface area contributed by atoms with Crippen LogP contribution >= 0.6 is 0 Å². The molecule has 2 heterocycles. The van der Waals surface area contributed by atoms with Crippen LogP contribution in [0, 0.1) is 12.8 Å². The molecule has 0 aliphatic carbocycles. The fourth-order valence-corrected chi connectivity index (χ4v) is 4.20. The molecule has 0 radical (unpaired) electrons. The molecule has 3 atom stereocenters. The van der Waals surface area contributed by atoms with E-state index in [4.69, 9.17) is 13.9 Å². The predicted molar refractivity (Wildman–Crippen MR) is 130 cm³/mol. The number of carbonyl (C=O) groups excluding carboxylic acids is 3. The van der Waals surface area contributed by atoms with Crippen LogP contribution in [-0.4, -0.2) is 40.6 Å². The van der Waals surface area contributed by atoms with Gasteiger partial charge in [0.1, 0.15) is 35.8 Å². The highest BCUT2D eigenvalue weighted by Gasteiger charge is 2.46. The number of rotatable bonds is 7. The van der Waals surface area contributed by atoms with Crippen molar-refractivity contribution in [2.24, 2.45) is 5.92 Å². The molecule has 1 aromatic heterocycles. The molecule has 1 fully saturated rings. The number of aryl methyl sites for hydroxylation is 1. The number of hydrogen-bond donors (Lipinski definition) is 1. The van der Waals surface area contributed by atoms with Crippen LogP contribution in [0.25, 0.3) is 0 Å². The molecular formula is C27H36N2O6. The van der Waals surface area contributed by atoms with E-state index in [2.05, 4.69) is 5.32 Å². The summed E-state index contributed by atoms with van der Waals surface area (Å²) < 4.78 is 16.8. The van der Waals surface area contributed by atoms with Crippen molar-refractivity contribution in [3.05, 3.63) is 59.5 Å². The summed E-state index contributed by atoms with van der Waals surface area (Å²) >= 11 is 0. The third-order valence-electron chi connectivity index (χ3n) is 5.83. The monoisotopic (exact) mass is 484 g/mol. The smallest absolute Gasteiger partial charge is 0.408 e. The Bertz CT molecular complexity index is 1020. The van der Waals surface area contributed by atoms with Gasteiger partial charge in [0.25, 0.3) is 0 Å². The minimum atomic E-state index is -0.883. The summed E-state index contributed by atoms with van der Waals surface area (Å²) in [6.07, 6.45) is 0.291. The molecule has 1 N–H and O–H groups in total. The van der Waals surface area contributed by atoms with Gasteiger partial charge in [-0.3, -0.25) is 4.79 Å². The minimum Gasteiger partial charge on any atom is -0.464 e. The van der Waals surface area contributed by atoms with E-state index in [9.17, 15) is 14.4 Å². The highest BCUT2D eigenvalue weighted by atomic mass is 16.6. The van der Waals surface area contributed by atoms with Gasteiger partial charge in [-0.1, -0.05) is 44.2 Å². The lowest BCUT2D eigenvalue weighted by Gasteiger charge is -2.33. The van der Waals surface area contributed by atoms with E-state index in [0.717, 1.165) is 11.3 Å². The van der Waals surface area contributed by atoms with Crippen LogP contribution in [0.2, 0.25) is 0 Å². The summed E-state index contributed by atoms with van der Waals surface area (Å²) in [5.74, 6) is 0.233. The maximum absolute atomic E-state index is 13.9. The average molecular weight is 485 g/mol. The molecule has 0 saturated carbocycles. The van der Waals surface area contributed by atoms with Crippen LogP contribution < -0.4 is 5.32 Å². The Morgan fingerprint density at radius 2 is 1.77 bits per heavy atom. The Balaban J connectivity index is 1.84. The zero-order valence-electron chi connectivity index (χ0n) is 21.4. The standard InChI is InChI=1S/C27H36N2O6/c1-17(2)23(28-26(32)35-27(4,5)6)24(30)29-20(22-15-12-18(3)34-22)13-14-21(29)25(31)33-16-19-10-8-7-9-11-19/h7-12,15,17,20-21,23H,13-14,16H2,1-6H3,(H,28,32)/t20-,21+,23+/m1/s1. The lowest BCUT2D eigenvalue weighted by molar-refractivity contribution is -0.157. The molecule has 0 bridgehead atoms. The molecular weight excluding hydrogens is 448 g/mol. The maximum atomic E-state index is 13.9. The summed E-state index contributed by atoms with van der Waals surface area (Å²) in [6.45, 7) is 10.9. The molecule has 1 aliphatic rings. The second-order valence-corrected chi connectivity index (χ2v) is 10.3. The van der Waals surface area contributed by atoms with Crippen molar-refractivity contribution in [2.75, 3.05) is 0 Å². The summed E-state index contributed by atoms with van der Waals surface area (Å²) in [5.41, 5.74) is 0.155. The van der Waals surface area contributed by atoms with Crippen molar-refractivity contribution in [3.8, 4) is 0 Å². The van der Waals surface area contributed by atoms with Crippen LogP contribution in [0.15, 0.2) is 46.9 Å². The number of nitrogens with one attached hydrogen (secondary N) is 1. The van der Waals surface area contributed by atoms with Crippen molar-refractivity contribution < 1.29 is 28.3 Å². The van der Waals surface area contributed by atoms with Gasteiger partial charge < -0.3 is 24.1 Å². The van der Waals surface area contributed by atoms with Gasteiger partial charge in [0.05, 0.1) is 6.04 Å². The molecule has 1 aromatic carbocycles. The Hall–Kier alpha value is -3.29. The van der Waals surface area contributed by atoms with Crippen molar-refractivity contribution in [2.45, 2.75) is 84.7 Å². The van der Waals surface area contributed by atoms with Gasteiger partial charge in [-0.15, -0.1) is 0 Å². The highest BCUT2D eigenvalue weighted by Crippen LogP contribution is 2.38. The largest absolute Gasteiger partial charge is 0.464 e. The number of esters is 1. The van der Waals surface area contributed by atoms with Crippen LogP contribution in [0.4, 0.5) is 4.79 Å². The zero-order valence-corrected chi connectivity index (χ0v) is 21.4. The fraction of sp³-hybridized carbons (Fsp3) is 0.519. The molecule has 0 unspecified atom stereocenters. The molecule has 2 amide bonds. The van der Waals surface area contributed by atoms with Gasteiger partial charge in [-0.2, -0.15) is 0 Å². The maximum Gasteiger partial charge on any atom is 0.408 e. The van der Waals surface area contributed by atoms with Gasteiger partial charge in [-0.25, -0.2) is 9.59 Å². The van der Waals surface area contributed by atoms with Crippen molar-refractivity contribution in [3.63, 3.8) is 0 Å². The zero-order chi connectivity index (χ0) is 25.8. The fourth-order valence-electron chi connectivity index (χ4n) is 4.20. The van der Waals surface area contributed by atoms with Crippen LogP contribution in [0.3, 0.4) is 0 Å². The first-order chi connectivity index (χ1) is 16.5. The summed E-state index contributed by atoms with van der Waals surface area (Å²) in [4.78, 5) is 41.1. The highest BCUT2D eigenvalue weighted by molar-refractivity contribution is 5.90. The molecule has 0 spiro atoms. The Labute approximate surface area is 207 Å². The number of amides is 2. The molecule has 1 saturated heterocycles. The van der Waals surface area contributed by atoms with Crippen molar-refractivity contribution in [1.29, 1.82) is 0 Å². The van der Waals surface area contributed by atoms with Crippen molar-refractivity contribution in [1.82, 2.24) is 10.2 Å². The minimum absolute atomic E-state index is 0.118. The SMILES string of the molecule is Cc1ccc([C@H]2CC[C@@H](C(=O)OCc3ccccc3)N2C(=O)[C@@H](NC(=O)OC(C)(C)C)C(C)C)o1. The number of furan rings is 1. The number of alkyl carbamates (subject to hydrolysis) is 1. The van der Waals surface area contributed by atoms with Crippen LogP contribution in [0.1, 0.15) is 70.6 Å². The average Bonchev–Trinajstić information content (AvgIpc) is 3.41. The van der Waals surface area contributed by atoms with E-state index >= 15 is 0 Å². The number of nitrogens with zero attached hydrogens (tertiary/aromatic N) is 1. The molecule has 190 valence electrons. The Morgan fingerprint density at radius 1 is 1.09 bits per heavy atom.